The van der Waals surface area contributed by atoms with Gasteiger partial charge in [-0.25, -0.2) is 0 Å². The fourth-order valence-corrected chi connectivity index (χ4v) is 6.31. The van der Waals surface area contributed by atoms with Crippen molar-refractivity contribution in [2.45, 2.75) is 45.2 Å². The van der Waals surface area contributed by atoms with Crippen molar-refractivity contribution in [1.82, 2.24) is 0 Å². The maximum Gasteiger partial charge on any atom is 0.283 e. The average molecular weight is 457 g/mol. The molecule has 5 heterocycles. The van der Waals surface area contributed by atoms with E-state index in [0.717, 1.165) is 21.7 Å². The number of aliphatic hydroxyl groups is 1. The van der Waals surface area contributed by atoms with E-state index in [0.29, 0.717) is 26.2 Å². The number of hydrogen-bond acceptors (Lipinski definition) is 6. The van der Waals surface area contributed by atoms with Gasteiger partial charge in [-0.3, -0.25) is 0 Å². The first-order valence-electron chi connectivity index (χ1n) is 10.7. The lowest BCUT2D eigenvalue weighted by atomic mass is 9.88. The number of thiophene rings is 2. The molecular formula is C25H28O4S2. The van der Waals surface area contributed by atoms with Crippen LogP contribution in [-0.4, -0.2) is 30.9 Å². The normalized spacial score (nSPS) is 25.8. The molecule has 1 aromatic carbocycles. The van der Waals surface area contributed by atoms with E-state index in [4.69, 9.17) is 14.2 Å². The smallest absolute Gasteiger partial charge is 0.283 e. The first-order chi connectivity index (χ1) is 14.8. The van der Waals surface area contributed by atoms with Gasteiger partial charge in [0, 0.05) is 21.6 Å². The van der Waals surface area contributed by atoms with E-state index >= 15 is 0 Å². The SMILES string of the molecule is Cc1csc(C(O)(c2ccc(CCC34OCC(C)(CO3)CO4)cc2)c2cc(C)cs2)c1. The van der Waals surface area contributed by atoms with Crippen LogP contribution in [0.1, 0.15) is 45.4 Å². The maximum absolute atomic E-state index is 11.9. The zero-order valence-corrected chi connectivity index (χ0v) is 19.8. The Labute approximate surface area is 191 Å². The molecule has 0 spiro atoms. The summed E-state index contributed by atoms with van der Waals surface area (Å²) in [6, 6.07) is 12.4. The van der Waals surface area contributed by atoms with Gasteiger partial charge in [-0.15, -0.1) is 22.7 Å². The van der Waals surface area contributed by atoms with Gasteiger partial charge in [0.2, 0.25) is 0 Å². The standard InChI is InChI=1S/C25H28O4S2/c1-17-10-21(30-12-17)25(26,22-11-18(2)13-31-22)20-6-4-19(5-7-20)8-9-24-27-14-23(3,15-28-24)16-29-24/h4-7,10-13,26H,8-9,14-16H2,1-3H3. The molecule has 31 heavy (non-hydrogen) atoms. The van der Waals surface area contributed by atoms with Crippen LogP contribution in [0.2, 0.25) is 0 Å². The Balaban J connectivity index is 1.37. The lowest BCUT2D eigenvalue weighted by Gasteiger charge is -2.50. The quantitative estimate of drug-likeness (QED) is 0.541. The third kappa shape index (κ3) is 3.90. The Kier molecular flexibility index (Phi) is 5.36. The average Bonchev–Trinajstić information content (AvgIpc) is 3.42. The van der Waals surface area contributed by atoms with Gasteiger partial charge in [0.15, 0.2) is 5.60 Å². The molecule has 3 saturated heterocycles. The highest BCUT2D eigenvalue weighted by Crippen LogP contribution is 2.43. The molecule has 0 saturated carbocycles. The maximum atomic E-state index is 11.9. The highest BCUT2D eigenvalue weighted by atomic mass is 32.1. The van der Waals surface area contributed by atoms with Crippen LogP contribution < -0.4 is 0 Å². The number of ether oxygens (including phenoxy) is 3. The van der Waals surface area contributed by atoms with E-state index in [1.54, 1.807) is 22.7 Å². The second-order valence-corrected chi connectivity index (χ2v) is 11.1. The van der Waals surface area contributed by atoms with Crippen molar-refractivity contribution in [1.29, 1.82) is 0 Å². The fourth-order valence-electron chi connectivity index (χ4n) is 4.18. The van der Waals surface area contributed by atoms with E-state index in [1.165, 1.54) is 16.7 Å². The Morgan fingerprint density at radius 2 is 1.42 bits per heavy atom. The molecule has 1 N–H and O–H groups in total. The topological polar surface area (TPSA) is 47.9 Å². The number of aryl methyl sites for hydroxylation is 3. The molecule has 3 aliphatic rings. The van der Waals surface area contributed by atoms with E-state index in [-0.39, 0.29) is 5.41 Å². The second-order valence-electron chi connectivity index (χ2n) is 9.24. The predicted octanol–water partition coefficient (Wildman–Crippen LogP) is 5.38. The van der Waals surface area contributed by atoms with E-state index in [2.05, 4.69) is 55.8 Å². The molecule has 0 atom stereocenters. The molecule has 0 aliphatic carbocycles. The lowest BCUT2D eigenvalue weighted by molar-refractivity contribution is -0.467. The highest BCUT2D eigenvalue weighted by Gasteiger charge is 2.50. The number of fused-ring (bicyclic) bond motifs is 3. The van der Waals surface area contributed by atoms with E-state index in [9.17, 15) is 5.11 Å². The molecule has 4 nitrogen and oxygen atoms in total. The summed E-state index contributed by atoms with van der Waals surface area (Å²) in [5, 5.41) is 16.1. The van der Waals surface area contributed by atoms with Crippen LogP contribution in [0.25, 0.3) is 0 Å². The molecule has 0 amide bonds. The Morgan fingerprint density at radius 1 is 0.903 bits per heavy atom. The molecule has 0 unspecified atom stereocenters. The van der Waals surface area contributed by atoms with Crippen LogP contribution in [0.15, 0.2) is 47.2 Å². The molecule has 6 heteroatoms. The summed E-state index contributed by atoms with van der Waals surface area (Å²) >= 11 is 3.20. The number of hydrogen-bond donors (Lipinski definition) is 1. The summed E-state index contributed by atoms with van der Waals surface area (Å²) in [4.78, 5) is 1.89. The monoisotopic (exact) mass is 456 g/mol. The van der Waals surface area contributed by atoms with Gasteiger partial charge in [-0.1, -0.05) is 31.2 Å². The van der Waals surface area contributed by atoms with Crippen molar-refractivity contribution in [3.05, 3.63) is 79.2 Å². The van der Waals surface area contributed by atoms with Crippen LogP contribution in [0.3, 0.4) is 0 Å². The third-order valence-electron chi connectivity index (χ3n) is 6.19. The Morgan fingerprint density at radius 3 is 1.87 bits per heavy atom. The lowest BCUT2D eigenvalue weighted by Crippen LogP contribution is -2.59. The van der Waals surface area contributed by atoms with Crippen LogP contribution >= 0.6 is 22.7 Å². The van der Waals surface area contributed by atoms with E-state index in [1.807, 2.05) is 12.1 Å². The van der Waals surface area contributed by atoms with E-state index < -0.39 is 11.6 Å². The molecule has 2 aromatic heterocycles. The summed E-state index contributed by atoms with van der Waals surface area (Å²) in [5.41, 5.74) is 3.22. The van der Waals surface area contributed by atoms with Crippen molar-refractivity contribution < 1.29 is 19.3 Å². The zero-order valence-electron chi connectivity index (χ0n) is 18.1. The van der Waals surface area contributed by atoms with Crippen molar-refractivity contribution in [3.63, 3.8) is 0 Å². The summed E-state index contributed by atoms with van der Waals surface area (Å²) in [6.45, 7) is 8.29. The summed E-state index contributed by atoms with van der Waals surface area (Å²) in [7, 11) is 0. The minimum Gasteiger partial charge on any atom is -0.374 e. The van der Waals surface area contributed by atoms with Crippen molar-refractivity contribution in [2.75, 3.05) is 19.8 Å². The number of benzene rings is 1. The largest absolute Gasteiger partial charge is 0.374 e. The van der Waals surface area contributed by atoms with Gasteiger partial charge >= 0.3 is 0 Å². The molecule has 6 rings (SSSR count). The van der Waals surface area contributed by atoms with Gasteiger partial charge < -0.3 is 19.3 Å². The van der Waals surface area contributed by atoms with Gasteiger partial charge in [-0.05, 0) is 65.4 Å². The van der Waals surface area contributed by atoms with Gasteiger partial charge in [-0.2, -0.15) is 0 Å². The van der Waals surface area contributed by atoms with Gasteiger partial charge in [0.25, 0.3) is 5.97 Å². The van der Waals surface area contributed by atoms with Crippen LogP contribution in [-0.2, 0) is 26.2 Å². The molecule has 3 aliphatic heterocycles. The minimum absolute atomic E-state index is 0.0197. The van der Waals surface area contributed by atoms with Crippen molar-refractivity contribution in [3.8, 4) is 0 Å². The predicted molar refractivity (Wildman–Crippen MR) is 124 cm³/mol. The van der Waals surface area contributed by atoms with Crippen molar-refractivity contribution in [2.24, 2.45) is 5.41 Å². The van der Waals surface area contributed by atoms with Crippen LogP contribution in [0, 0.1) is 19.3 Å². The van der Waals surface area contributed by atoms with Gasteiger partial charge in [0.1, 0.15) is 0 Å². The molecule has 3 aromatic rings. The van der Waals surface area contributed by atoms with Gasteiger partial charge in [0.05, 0.1) is 19.8 Å². The molecule has 2 bridgehead atoms. The fraction of sp³-hybridized carbons (Fsp3) is 0.440. The molecule has 164 valence electrons. The van der Waals surface area contributed by atoms with Crippen LogP contribution in [0.4, 0.5) is 0 Å². The van der Waals surface area contributed by atoms with Crippen LogP contribution in [0.5, 0.6) is 0 Å². The Hall–Kier alpha value is -1.54. The third-order valence-corrected chi connectivity index (χ3v) is 8.50. The molecule has 3 fully saturated rings. The van der Waals surface area contributed by atoms with Crippen molar-refractivity contribution >= 4 is 22.7 Å². The first kappa shape index (κ1) is 21.3. The summed E-state index contributed by atoms with van der Waals surface area (Å²) < 4.78 is 17.7. The Bertz CT molecular complexity index is 1000. The molecular weight excluding hydrogens is 428 g/mol. The summed E-state index contributed by atoms with van der Waals surface area (Å²) in [6.07, 6.45) is 1.44. The summed E-state index contributed by atoms with van der Waals surface area (Å²) in [5.74, 6) is -0.903. The first-order valence-corrected chi connectivity index (χ1v) is 12.4. The minimum atomic E-state index is -1.14. The molecule has 0 radical (unpaired) electrons. The highest BCUT2D eigenvalue weighted by molar-refractivity contribution is 7.12. The second kappa shape index (κ2) is 7.80. The zero-order chi connectivity index (χ0) is 21.7. The number of rotatable bonds is 6.